The van der Waals surface area contributed by atoms with E-state index in [4.69, 9.17) is 0 Å². The molecule has 38 heavy (non-hydrogen) atoms. The second-order valence-corrected chi connectivity index (χ2v) is 10.2. The van der Waals surface area contributed by atoms with Gasteiger partial charge in [-0.25, -0.2) is 23.1 Å². The predicted octanol–water partition coefficient (Wildman–Crippen LogP) is 5.64. The van der Waals surface area contributed by atoms with Crippen molar-refractivity contribution in [3.63, 3.8) is 0 Å². The van der Waals surface area contributed by atoms with Gasteiger partial charge in [0.1, 0.15) is 23.8 Å². The first-order valence-corrected chi connectivity index (χ1v) is 12.3. The Morgan fingerprint density at radius 1 is 1.16 bits per heavy atom. The van der Waals surface area contributed by atoms with Crippen molar-refractivity contribution in [3.05, 3.63) is 65.0 Å². The monoisotopic (exact) mass is 523 g/mol. The molecule has 0 saturated heterocycles. The highest BCUT2D eigenvalue weighted by Gasteiger charge is 2.34. The zero-order valence-corrected chi connectivity index (χ0v) is 21.8. The third kappa shape index (κ3) is 4.35. The summed E-state index contributed by atoms with van der Waals surface area (Å²) in [4.78, 5) is 23.2. The van der Waals surface area contributed by atoms with E-state index in [-0.39, 0.29) is 11.5 Å². The van der Waals surface area contributed by atoms with Crippen molar-refractivity contribution in [1.29, 1.82) is 0 Å². The van der Waals surface area contributed by atoms with Gasteiger partial charge < -0.3 is 10.2 Å². The molecule has 198 valence electrons. The van der Waals surface area contributed by atoms with Crippen LogP contribution in [0.1, 0.15) is 69.1 Å². The van der Waals surface area contributed by atoms with Gasteiger partial charge in [0.2, 0.25) is 5.91 Å². The minimum absolute atomic E-state index is 0.00364. The molecule has 0 unspecified atom stereocenters. The van der Waals surface area contributed by atoms with Gasteiger partial charge in [0.15, 0.2) is 11.3 Å². The van der Waals surface area contributed by atoms with Gasteiger partial charge in [-0.1, -0.05) is 24.3 Å². The lowest BCUT2D eigenvalue weighted by molar-refractivity contribution is -0.133. The van der Waals surface area contributed by atoms with E-state index in [1.165, 1.54) is 12.1 Å². The van der Waals surface area contributed by atoms with Crippen LogP contribution in [0.4, 0.5) is 19.0 Å². The lowest BCUT2D eigenvalue weighted by Gasteiger charge is -2.41. The number of nitrogens with zero attached hydrogens (tertiary/aromatic N) is 6. The molecule has 11 heteroatoms. The summed E-state index contributed by atoms with van der Waals surface area (Å²) in [6, 6.07) is 5.24. The zero-order chi connectivity index (χ0) is 27.4. The molecule has 0 saturated carbocycles. The number of amides is 1. The van der Waals surface area contributed by atoms with Crippen LogP contribution in [0.3, 0.4) is 0 Å². The topological polar surface area (TPSA) is 88.3 Å². The summed E-state index contributed by atoms with van der Waals surface area (Å²) in [6.07, 6.45) is 1.26. The first-order valence-electron chi connectivity index (χ1n) is 12.3. The first kappa shape index (κ1) is 25.6. The van der Waals surface area contributed by atoms with Crippen molar-refractivity contribution in [3.8, 4) is 0 Å². The number of nitrogens with one attached hydrogen (secondary N) is 1. The van der Waals surface area contributed by atoms with E-state index >= 15 is 0 Å². The van der Waals surface area contributed by atoms with Crippen molar-refractivity contribution in [2.45, 2.75) is 59.0 Å². The number of rotatable bonds is 5. The Labute approximate surface area is 217 Å². The van der Waals surface area contributed by atoms with Gasteiger partial charge in [0.25, 0.3) is 6.43 Å². The Morgan fingerprint density at radius 2 is 1.89 bits per heavy atom. The van der Waals surface area contributed by atoms with Gasteiger partial charge in [-0.05, 0) is 45.8 Å². The molecule has 1 amide bonds. The normalized spacial score (nSPS) is 16.2. The van der Waals surface area contributed by atoms with Crippen LogP contribution in [0.5, 0.6) is 0 Å². The van der Waals surface area contributed by atoms with E-state index in [2.05, 4.69) is 25.5 Å². The molecule has 3 aromatic heterocycles. The molecule has 0 aliphatic carbocycles. The van der Waals surface area contributed by atoms with Crippen LogP contribution in [0, 0.1) is 12.7 Å². The van der Waals surface area contributed by atoms with E-state index in [9.17, 15) is 18.0 Å². The standard InChI is InChI=1S/C27H28F3N7O/c1-14(18-7-6-8-19(22(18)28)23(29)30)32-24-21-11-20(17-9-10-37(16(3)38)27(4,5)12-17)26-35-31-13-36(26)25(21)34-15(2)33-24/h6-9,11,13-14,23H,10,12H2,1-5H3,(H,32,33,34)/t14-/m1/s1. The summed E-state index contributed by atoms with van der Waals surface area (Å²) in [6.45, 7) is 9.49. The summed E-state index contributed by atoms with van der Waals surface area (Å²) >= 11 is 0. The fourth-order valence-electron chi connectivity index (χ4n) is 5.21. The summed E-state index contributed by atoms with van der Waals surface area (Å²) in [5.74, 6) is -0.0420. The molecule has 4 aromatic rings. The molecule has 1 aliphatic rings. The van der Waals surface area contributed by atoms with Crippen LogP contribution >= 0.6 is 0 Å². The van der Waals surface area contributed by atoms with Crippen LogP contribution in [-0.4, -0.2) is 47.5 Å². The molecule has 1 aromatic carbocycles. The number of alkyl halides is 2. The van der Waals surface area contributed by atoms with Gasteiger partial charge in [-0.2, -0.15) is 0 Å². The number of aromatic nitrogens is 5. The summed E-state index contributed by atoms with van der Waals surface area (Å²) in [5, 5.41) is 12.3. The highest BCUT2D eigenvalue weighted by atomic mass is 19.3. The Hall–Kier alpha value is -4.02. The van der Waals surface area contributed by atoms with Crippen LogP contribution in [0.2, 0.25) is 0 Å². The second-order valence-electron chi connectivity index (χ2n) is 10.2. The predicted molar refractivity (Wildman–Crippen MR) is 138 cm³/mol. The minimum atomic E-state index is -2.92. The average molecular weight is 524 g/mol. The fourth-order valence-corrected chi connectivity index (χ4v) is 5.21. The third-order valence-electron chi connectivity index (χ3n) is 7.06. The molecule has 0 spiro atoms. The minimum Gasteiger partial charge on any atom is -0.363 e. The van der Waals surface area contributed by atoms with Crippen molar-refractivity contribution in [1.82, 2.24) is 29.5 Å². The van der Waals surface area contributed by atoms with Gasteiger partial charge in [0, 0.05) is 30.1 Å². The third-order valence-corrected chi connectivity index (χ3v) is 7.06. The van der Waals surface area contributed by atoms with E-state index in [1.54, 1.807) is 31.5 Å². The number of fused-ring (bicyclic) bond motifs is 3. The number of pyridine rings is 1. The molecule has 0 fully saturated rings. The summed E-state index contributed by atoms with van der Waals surface area (Å²) in [5.41, 5.74) is 2.05. The summed E-state index contributed by atoms with van der Waals surface area (Å²) in [7, 11) is 0. The number of benzene rings is 1. The molecule has 1 aliphatic heterocycles. The van der Waals surface area contributed by atoms with Crippen molar-refractivity contribution in [2.24, 2.45) is 0 Å². The Balaban J connectivity index is 1.63. The molecule has 4 heterocycles. The maximum absolute atomic E-state index is 14.9. The summed E-state index contributed by atoms with van der Waals surface area (Å²) < 4.78 is 43.3. The van der Waals surface area contributed by atoms with Gasteiger partial charge in [0.05, 0.1) is 17.0 Å². The van der Waals surface area contributed by atoms with Crippen LogP contribution < -0.4 is 5.32 Å². The largest absolute Gasteiger partial charge is 0.363 e. The SMILES string of the molecule is CC(=O)N1CC=C(c2cc3c(N[C@H](C)c4cccc(C(F)F)c4F)nc(C)nc3n3cnnc23)CC1(C)C. The van der Waals surface area contributed by atoms with Gasteiger partial charge in [-0.3, -0.25) is 9.20 Å². The van der Waals surface area contributed by atoms with Crippen molar-refractivity contribution >= 4 is 34.0 Å². The molecule has 1 N–H and O–H groups in total. The lowest BCUT2D eigenvalue weighted by Crippen LogP contribution is -2.49. The molecule has 5 rings (SSSR count). The number of anilines is 1. The second kappa shape index (κ2) is 9.38. The Morgan fingerprint density at radius 3 is 2.58 bits per heavy atom. The smallest absolute Gasteiger partial charge is 0.266 e. The maximum atomic E-state index is 14.9. The van der Waals surface area contributed by atoms with Crippen molar-refractivity contribution in [2.75, 3.05) is 11.9 Å². The molecular weight excluding hydrogens is 495 g/mol. The lowest BCUT2D eigenvalue weighted by atomic mass is 9.85. The fraction of sp³-hybridized carbons (Fsp3) is 0.370. The Bertz CT molecular complexity index is 1590. The van der Waals surface area contributed by atoms with E-state index in [1.807, 2.05) is 30.9 Å². The average Bonchev–Trinajstić information content (AvgIpc) is 3.33. The van der Waals surface area contributed by atoms with Crippen LogP contribution in [0.15, 0.2) is 36.7 Å². The molecule has 0 bridgehead atoms. The number of halogens is 3. The number of aryl methyl sites for hydroxylation is 1. The molecule has 8 nitrogen and oxygen atoms in total. The molecule has 1 atom stereocenters. The number of hydrogen-bond acceptors (Lipinski definition) is 6. The van der Waals surface area contributed by atoms with Gasteiger partial charge in [-0.15, -0.1) is 10.2 Å². The van der Waals surface area contributed by atoms with Gasteiger partial charge >= 0.3 is 0 Å². The first-order chi connectivity index (χ1) is 18.0. The van der Waals surface area contributed by atoms with E-state index < -0.39 is 29.4 Å². The van der Waals surface area contributed by atoms with Crippen LogP contribution in [0.25, 0.3) is 22.3 Å². The highest BCUT2D eigenvalue weighted by molar-refractivity contribution is 5.94. The maximum Gasteiger partial charge on any atom is 0.266 e. The van der Waals surface area contributed by atoms with Crippen LogP contribution in [-0.2, 0) is 4.79 Å². The van der Waals surface area contributed by atoms with E-state index in [0.717, 1.165) is 17.2 Å². The number of hydrogen-bond donors (Lipinski definition) is 1. The zero-order valence-electron chi connectivity index (χ0n) is 21.8. The van der Waals surface area contributed by atoms with Crippen molar-refractivity contribution < 1.29 is 18.0 Å². The quantitative estimate of drug-likeness (QED) is 0.364. The molecule has 0 radical (unpaired) electrons. The highest BCUT2D eigenvalue weighted by Crippen LogP contribution is 2.37. The molecular formula is C27H28F3N7O. The Kier molecular flexibility index (Phi) is 6.32. The van der Waals surface area contributed by atoms with E-state index in [0.29, 0.717) is 41.3 Å². The number of carbonyl (C=O) groups is 1. The number of carbonyl (C=O) groups excluding carboxylic acids is 1.